The molecule has 1 unspecified atom stereocenters. The number of pyridine rings is 1. The predicted molar refractivity (Wildman–Crippen MR) is 87.2 cm³/mol. The number of rotatable bonds is 2. The van der Waals surface area contributed by atoms with Gasteiger partial charge in [-0.2, -0.15) is 0 Å². The molecule has 0 saturated heterocycles. The van der Waals surface area contributed by atoms with Gasteiger partial charge >= 0.3 is 5.97 Å². The van der Waals surface area contributed by atoms with E-state index < -0.39 is 11.4 Å². The molecule has 1 N–H and O–H groups in total. The molecule has 120 valence electrons. The zero-order chi connectivity index (χ0) is 16.7. The number of fused-ring (bicyclic) bond motifs is 3. The number of aryl methyl sites for hydroxylation is 1. The molecule has 0 radical (unpaired) electrons. The lowest BCUT2D eigenvalue weighted by Gasteiger charge is -2.24. The predicted octanol–water partition coefficient (Wildman–Crippen LogP) is 3.11. The Hall–Kier alpha value is -2.56. The van der Waals surface area contributed by atoms with E-state index in [0.29, 0.717) is 12.3 Å². The topological polar surface area (TPSA) is 68.5 Å². The molecule has 5 nitrogen and oxygen atoms in total. The molecule has 2 heterocycles. The molecule has 0 fully saturated rings. The third-order valence-electron chi connectivity index (χ3n) is 4.26. The van der Waals surface area contributed by atoms with E-state index in [2.05, 4.69) is 13.8 Å². The highest BCUT2D eigenvalue weighted by Crippen LogP contribution is 2.37. The quantitative estimate of drug-likeness (QED) is 0.925. The van der Waals surface area contributed by atoms with Crippen LogP contribution in [0.2, 0.25) is 0 Å². The molecule has 5 heteroatoms. The van der Waals surface area contributed by atoms with Crippen molar-refractivity contribution in [3.63, 3.8) is 0 Å². The van der Waals surface area contributed by atoms with Crippen molar-refractivity contribution >= 4 is 5.97 Å². The molecule has 1 aliphatic heterocycles. The lowest BCUT2D eigenvalue weighted by Crippen LogP contribution is -2.25. The number of hydrogen-bond donors (Lipinski definition) is 1. The highest BCUT2D eigenvalue weighted by atomic mass is 16.5. The second-order valence-electron chi connectivity index (χ2n) is 6.27. The van der Waals surface area contributed by atoms with E-state index in [4.69, 9.17) is 4.74 Å². The smallest absolute Gasteiger partial charge is 0.341 e. The van der Waals surface area contributed by atoms with E-state index in [0.717, 1.165) is 16.9 Å². The van der Waals surface area contributed by atoms with Crippen LogP contribution in [0.4, 0.5) is 0 Å². The molecule has 1 aromatic heterocycles. The highest BCUT2D eigenvalue weighted by Gasteiger charge is 2.26. The van der Waals surface area contributed by atoms with Gasteiger partial charge in [0.2, 0.25) is 0 Å². The van der Waals surface area contributed by atoms with Gasteiger partial charge in [0.1, 0.15) is 17.9 Å². The first kappa shape index (κ1) is 15.3. The maximum atomic E-state index is 12.2. The Kier molecular flexibility index (Phi) is 3.72. The lowest BCUT2D eigenvalue weighted by molar-refractivity contribution is 0.0694. The third-order valence-corrected chi connectivity index (χ3v) is 4.26. The van der Waals surface area contributed by atoms with Crippen molar-refractivity contribution in [3.8, 4) is 17.0 Å². The van der Waals surface area contributed by atoms with E-state index in [1.54, 1.807) is 0 Å². The summed E-state index contributed by atoms with van der Waals surface area (Å²) in [6, 6.07) is 7.17. The van der Waals surface area contributed by atoms with Crippen molar-refractivity contribution in [1.29, 1.82) is 0 Å². The zero-order valence-electron chi connectivity index (χ0n) is 13.4. The fraction of sp³-hybridized carbons (Fsp3) is 0.333. The maximum absolute atomic E-state index is 12.2. The van der Waals surface area contributed by atoms with Crippen LogP contribution < -0.4 is 10.2 Å². The first-order chi connectivity index (χ1) is 10.9. The first-order valence-electron chi connectivity index (χ1n) is 7.62. The number of carboxylic acid groups (broad SMARTS) is 1. The Morgan fingerprint density at radius 3 is 2.74 bits per heavy atom. The highest BCUT2D eigenvalue weighted by molar-refractivity contribution is 5.87. The fourth-order valence-electron chi connectivity index (χ4n) is 2.93. The van der Waals surface area contributed by atoms with Crippen molar-refractivity contribution < 1.29 is 14.6 Å². The van der Waals surface area contributed by atoms with Gasteiger partial charge in [0.25, 0.3) is 0 Å². The molecule has 0 bridgehead atoms. The van der Waals surface area contributed by atoms with E-state index >= 15 is 0 Å². The average Bonchev–Trinajstić information content (AvgIpc) is 2.62. The number of carboxylic acids is 1. The van der Waals surface area contributed by atoms with E-state index in [1.165, 1.54) is 12.3 Å². The summed E-state index contributed by atoms with van der Waals surface area (Å²) in [5.74, 6) is -0.250. The Labute approximate surface area is 134 Å². The molecule has 1 aliphatic rings. The van der Waals surface area contributed by atoms with Crippen LogP contribution in [0, 0.1) is 12.8 Å². The molecule has 0 spiro atoms. The number of nitrogens with zero attached hydrogens (tertiary/aromatic N) is 1. The van der Waals surface area contributed by atoms with Gasteiger partial charge in [-0.05, 0) is 30.5 Å². The summed E-state index contributed by atoms with van der Waals surface area (Å²) in [4.78, 5) is 23.5. The standard InChI is InChI=1S/C18H19NO4/c1-10(2)15-9-23-17-6-11(3)4-5-12(17)14-7-16(20)13(18(21)22)8-19(14)15/h4-8,10,15H,9H2,1-3H3,(H,21,22). The number of hydrogen-bond acceptors (Lipinski definition) is 3. The summed E-state index contributed by atoms with van der Waals surface area (Å²) < 4.78 is 7.83. The minimum Gasteiger partial charge on any atom is -0.491 e. The number of aromatic nitrogens is 1. The van der Waals surface area contributed by atoms with Crippen molar-refractivity contribution in [2.75, 3.05) is 6.61 Å². The number of ether oxygens (including phenoxy) is 1. The number of carbonyl (C=O) groups is 1. The second kappa shape index (κ2) is 5.57. The van der Waals surface area contributed by atoms with E-state index in [1.807, 2.05) is 29.7 Å². The average molecular weight is 313 g/mol. The minimum absolute atomic E-state index is 0.0450. The third kappa shape index (κ3) is 2.63. The minimum atomic E-state index is -1.21. The van der Waals surface area contributed by atoms with Crippen LogP contribution in [-0.2, 0) is 0 Å². The van der Waals surface area contributed by atoms with E-state index in [-0.39, 0.29) is 17.5 Å². The number of aromatic carboxylic acids is 1. The molecular weight excluding hydrogens is 294 g/mol. The maximum Gasteiger partial charge on any atom is 0.341 e. The van der Waals surface area contributed by atoms with Crippen molar-refractivity contribution in [1.82, 2.24) is 4.57 Å². The Morgan fingerprint density at radius 1 is 1.35 bits per heavy atom. The summed E-state index contributed by atoms with van der Waals surface area (Å²) in [6.45, 7) is 6.52. The molecule has 2 aromatic rings. The van der Waals surface area contributed by atoms with Gasteiger partial charge in [0.15, 0.2) is 5.43 Å². The van der Waals surface area contributed by atoms with Gasteiger partial charge in [-0.25, -0.2) is 4.79 Å². The summed E-state index contributed by atoms with van der Waals surface area (Å²) in [6.07, 6.45) is 1.45. The van der Waals surface area contributed by atoms with Crippen LogP contribution >= 0.6 is 0 Å². The fourth-order valence-corrected chi connectivity index (χ4v) is 2.93. The normalized spacial score (nSPS) is 16.3. The van der Waals surface area contributed by atoms with Crippen LogP contribution in [0.3, 0.4) is 0 Å². The first-order valence-corrected chi connectivity index (χ1v) is 7.62. The van der Waals surface area contributed by atoms with Gasteiger partial charge < -0.3 is 14.4 Å². The summed E-state index contributed by atoms with van der Waals surface area (Å²) >= 11 is 0. The molecule has 1 atom stereocenters. The zero-order valence-corrected chi connectivity index (χ0v) is 13.4. The van der Waals surface area contributed by atoms with Crippen LogP contribution in [0.1, 0.15) is 35.8 Å². The monoisotopic (exact) mass is 313 g/mol. The van der Waals surface area contributed by atoms with Crippen LogP contribution in [-0.4, -0.2) is 22.2 Å². The van der Waals surface area contributed by atoms with E-state index in [9.17, 15) is 14.7 Å². The molecule has 0 aliphatic carbocycles. The van der Waals surface area contributed by atoms with Crippen LogP contribution in [0.5, 0.6) is 5.75 Å². The Balaban J connectivity index is 2.32. The Morgan fingerprint density at radius 2 is 2.09 bits per heavy atom. The van der Waals surface area contributed by atoms with Crippen LogP contribution in [0.25, 0.3) is 11.3 Å². The van der Waals surface area contributed by atoms with Gasteiger partial charge in [-0.3, -0.25) is 4.79 Å². The van der Waals surface area contributed by atoms with Crippen LogP contribution in [0.15, 0.2) is 35.3 Å². The molecule has 1 aromatic carbocycles. The summed E-state index contributed by atoms with van der Waals surface area (Å²) in [5.41, 5.74) is 1.89. The summed E-state index contributed by atoms with van der Waals surface area (Å²) in [5, 5.41) is 9.25. The van der Waals surface area contributed by atoms with Gasteiger partial charge in [0.05, 0.1) is 11.7 Å². The van der Waals surface area contributed by atoms with Crippen molar-refractivity contribution in [2.24, 2.45) is 5.92 Å². The van der Waals surface area contributed by atoms with Gasteiger partial charge in [-0.1, -0.05) is 19.9 Å². The molecular formula is C18H19NO4. The molecule has 0 amide bonds. The van der Waals surface area contributed by atoms with Gasteiger partial charge in [0, 0.05) is 17.8 Å². The largest absolute Gasteiger partial charge is 0.491 e. The molecule has 0 saturated carbocycles. The Bertz CT molecular complexity index is 835. The number of benzene rings is 1. The summed E-state index contributed by atoms with van der Waals surface area (Å²) in [7, 11) is 0. The molecule has 23 heavy (non-hydrogen) atoms. The second-order valence-corrected chi connectivity index (χ2v) is 6.27. The van der Waals surface area contributed by atoms with Crippen molar-refractivity contribution in [3.05, 3.63) is 51.8 Å². The van der Waals surface area contributed by atoms with Crippen molar-refractivity contribution in [2.45, 2.75) is 26.8 Å². The SMILES string of the molecule is Cc1ccc2c(c1)OCC(C(C)C)n1cc(C(=O)O)c(=O)cc1-2. The van der Waals surface area contributed by atoms with Gasteiger partial charge in [-0.15, -0.1) is 0 Å². The lowest BCUT2D eigenvalue weighted by atomic mass is 10.0. The molecule has 3 rings (SSSR count).